The number of hydrogen-bond donors (Lipinski definition) is 2. The molecule has 1 unspecified atom stereocenters. The molecule has 0 spiro atoms. The molecule has 0 bridgehead atoms. The van der Waals surface area contributed by atoms with E-state index in [1.165, 1.54) is 6.07 Å². The van der Waals surface area contributed by atoms with Crippen LogP contribution in [0.15, 0.2) is 42.5 Å². The summed E-state index contributed by atoms with van der Waals surface area (Å²) in [6, 6.07) is 10.3. The minimum atomic E-state index is -0.937. The molecule has 2 aromatic rings. The Morgan fingerprint density at radius 3 is 2.50 bits per heavy atom. The molecule has 6 heteroatoms. The minimum absolute atomic E-state index is 0.324. The fraction of sp³-hybridized carbons (Fsp3) is 0.278. The second-order valence-corrected chi connectivity index (χ2v) is 5.46. The van der Waals surface area contributed by atoms with Crippen LogP contribution in [0.4, 0.5) is 13.6 Å². The van der Waals surface area contributed by atoms with E-state index in [0.29, 0.717) is 18.7 Å². The molecule has 24 heavy (non-hydrogen) atoms. The summed E-state index contributed by atoms with van der Waals surface area (Å²) in [7, 11) is 0. The minimum Gasteiger partial charge on any atom is -0.492 e. The summed E-state index contributed by atoms with van der Waals surface area (Å²) < 4.78 is 31.6. The van der Waals surface area contributed by atoms with Gasteiger partial charge in [-0.2, -0.15) is 0 Å². The van der Waals surface area contributed by atoms with Gasteiger partial charge in [-0.3, -0.25) is 0 Å². The van der Waals surface area contributed by atoms with E-state index >= 15 is 0 Å². The second-order valence-electron chi connectivity index (χ2n) is 5.46. The third kappa shape index (κ3) is 5.22. The molecule has 1 atom stereocenters. The van der Waals surface area contributed by atoms with Crippen LogP contribution in [0.2, 0.25) is 0 Å². The summed E-state index contributed by atoms with van der Waals surface area (Å²) >= 11 is 0. The number of aryl methyl sites for hydroxylation is 1. The van der Waals surface area contributed by atoms with Crippen LogP contribution in [0.5, 0.6) is 5.75 Å². The van der Waals surface area contributed by atoms with Crippen LogP contribution in [0.3, 0.4) is 0 Å². The second kappa shape index (κ2) is 8.29. The van der Waals surface area contributed by atoms with E-state index in [4.69, 9.17) is 4.74 Å². The highest BCUT2D eigenvalue weighted by atomic mass is 19.2. The van der Waals surface area contributed by atoms with Gasteiger partial charge in [0.15, 0.2) is 11.6 Å². The highest BCUT2D eigenvalue weighted by molar-refractivity contribution is 5.74. The van der Waals surface area contributed by atoms with Crippen molar-refractivity contribution < 1.29 is 18.3 Å². The molecule has 2 rings (SSSR count). The molecule has 128 valence electrons. The van der Waals surface area contributed by atoms with Gasteiger partial charge in [-0.05, 0) is 43.7 Å². The van der Waals surface area contributed by atoms with E-state index < -0.39 is 23.7 Å². The molecule has 0 saturated heterocycles. The Bertz CT molecular complexity index is 690. The van der Waals surface area contributed by atoms with Crippen LogP contribution in [0.1, 0.15) is 24.1 Å². The fourth-order valence-corrected chi connectivity index (χ4v) is 2.08. The first kappa shape index (κ1) is 17.7. The summed E-state index contributed by atoms with van der Waals surface area (Å²) in [5, 5.41) is 5.30. The summed E-state index contributed by atoms with van der Waals surface area (Å²) in [4.78, 5) is 11.8. The van der Waals surface area contributed by atoms with Crippen LogP contribution in [-0.2, 0) is 0 Å². The fourth-order valence-electron chi connectivity index (χ4n) is 2.08. The van der Waals surface area contributed by atoms with Crippen LogP contribution < -0.4 is 15.4 Å². The van der Waals surface area contributed by atoms with Crippen molar-refractivity contribution in [2.45, 2.75) is 19.9 Å². The van der Waals surface area contributed by atoms with Gasteiger partial charge in [0.05, 0.1) is 12.6 Å². The predicted molar refractivity (Wildman–Crippen MR) is 88.0 cm³/mol. The molecule has 0 aliphatic rings. The first-order chi connectivity index (χ1) is 11.5. The lowest BCUT2D eigenvalue weighted by Gasteiger charge is -2.15. The standard InChI is InChI=1S/C18H20F2N2O2/c1-12-3-6-15(7-4-12)24-10-9-21-18(23)22-13(2)14-5-8-16(19)17(20)11-14/h3-8,11,13H,9-10H2,1-2H3,(H2,21,22,23). The van der Waals surface area contributed by atoms with Gasteiger partial charge < -0.3 is 15.4 Å². The first-order valence-electron chi connectivity index (χ1n) is 7.64. The Kier molecular flexibility index (Phi) is 6.12. The molecule has 0 heterocycles. The normalized spacial score (nSPS) is 11.7. The Labute approximate surface area is 139 Å². The van der Waals surface area contributed by atoms with Crippen LogP contribution in [0, 0.1) is 18.6 Å². The van der Waals surface area contributed by atoms with Crippen molar-refractivity contribution in [2.75, 3.05) is 13.2 Å². The highest BCUT2D eigenvalue weighted by Crippen LogP contribution is 2.15. The number of carbonyl (C=O) groups excluding carboxylic acids is 1. The van der Waals surface area contributed by atoms with E-state index in [1.54, 1.807) is 6.92 Å². The summed E-state index contributed by atoms with van der Waals surface area (Å²) in [5.41, 5.74) is 1.63. The van der Waals surface area contributed by atoms with Gasteiger partial charge in [-0.15, -0.1) is 0 Å². The first-order valence-corrected chi connectivity index (χ1v) is 7.64. The van der Waals surface area contributed by atoms with Gasteiger partial charge >= 0.3 is 6.03 Å². The lowest BCUT2D eigenvalue weighted by atomic mass is 10.1. The number of benzene rings is 2. The average molecular weight is 334 g/mol. The third-order valence-corrected chi connectivity index (χ3v) is 3.47. The van der Waals surface area contributed by atoms with Gasteiger partial charge in [0.25, 0.3) is 0 Å². The van der Waals surface area contributed by atoms with E-state index in [0.717, 1.165) is 23.4 Å². The van der Waals surface area contributed by atoms with E-state index in [1.807, 2.05) is 31.2 Å². The molecule has 2 aromatic carbocycles. The Hall–Kier alpha value is -2.63. The van der Waals surface area contributed by atoms with Gasteiger partial charge in [0.1, 0.15) is 12.4 Å². The van der Waals surface area contributed by atoms with Gasteiger partial charge in [0.2, 0.25) is 0 Å². The largest absolute Gasteiger partial charge is 0.492 e. The van der Waals surface area contributed by atoms with Crippen LogP contribution >= 0.6 is 0 Å². The molecule has 0 saturated carbocycles. The Balaban J connectivity index is 1.72. The quantitative estimate of drug-likeness (QED) is 0.791. The number of urea groups is 1. The molecule has 0 aliphatic heterocycles. The van der Waals surface area contributed by atoms with Crippen LogP contribution in [0.25, 0.3) is 0 Å². The monoisotopic (exact) mass is 334 g/mol. The number of carbonyl (C=O) groups is 1. The third-order valence-electron chi connectivity index (χ3n) is 3.47. The number of amides is 2. The number of nitrogens with one attached hydrogen (secondary N) is 2. The molecular formula is C18H20F2N2O2. The van der Waals surface area contributed by atoms with Crippen LogP contribution in [-0.4, -0.2) is 19.2 Å². The van der Waals surface area contributed by atoms with Gasteiger partial charge in [-0.25, -0.2) is 13.6 Å². The molecule has 4 nitrogen and oxygen atoms in total. The smallest absolute Gasteiger partial charge is 0.315 e. The lowest BCUT2D eigenvalue weighted by molar-refractivity contribution is 0.233. The molecule has 0 aliphatic carbocycles. The van der Waals surface area contributed by atoms with Crippen molar-refractivity contribution in [3.05, 3.63) is 65.2 Å². The van der Waals surface area contributed by atoms with Crippen molar-refractivity contribution in [2.24, 2.45) is 0 Å². The zero-order valence-electron chi connectivity index (χ0n) is 13.6. The van der Waals surface area contributed by atoms with Crippen molar-refractivity contribution in [1.82, 2.24) is 10.6 Å². The molecular weight excluding hydrogens is 314 g/mol. The number of halogens is 2. The average Bonchev–Trinajstić information content (AvgIpc) is 2.55. The maximum Gasteiger partial charge on any atom is 0.315 e. The summed E-state index contributed by atoms with van der Waals surface area (Å²) in [6.07, 6.45) is 0. The van der Waals surface area contributed by atoms with Crippen molar-refractivity contribution in [3.8, 4) is 5.75 Å². The van der Waals surface area contributed by atoms with E-state index in [9.17, 15) is 13.6 Å². The molecule has 2 amide bonds. The van der Waals surface area contributed by atoms with E-state index in [2.05, 4.69) is 10.6 Å². The van der Waals surface area contributed by atoms with E-state index in [-0.39, 0.29) is 0 Å². The van der Waals surface area contributed by atoms with Crippen molar-refractivity contribution >= 4 is 6.03 Å². The Morgan fingerprint density at radius 2 is 1.83 bits per heavy atom. The predicted octanol–water partition coefficient (Wildman–Crippen LogP) is 3.71. The zero-order valence-corrected chi connectivity index (χ0v) is 13.6. The zero-order chi connectivity index (χ0) is 17.5. The lowest BCUT2D eigenvalue weighted by Crippen LogP contribution is -2.39. The van der Waals surface area contributed by atoms with Gasteiger partial charge in [0, 0.05) is 0 Å². The number of hydrogen-bond acceptors (Lipinski definition) is 2. The number of ether oxygens (including phenoxy) is 1. The summed E-state index contributed by atoms with van der Waals surface area (Å²) in [5.74, 6) is -1.12. The molecule has 0 radical (unpaired) electrons. The topological polar surface area (TPSA) is 50.4 Å². The Morgan fingerprint density at radius 1 is 1.12 bits per heavy atom. The summed E-state index contributed by atoms with van der Waals surface area (Å²) in [6.45, 7) is 4.33. The molecule has 0 fully saturated rings. The SMILES string of the molecule is Cc1ccc(OCCNC(=O)NC(C)c2ccc(F)c(F)c2)cc1. The highest BCUT2D eigenvalue weighted by Gasteiger charge is 2.11. The van der Waals surface area contributed by atoms with Crippen molar-refractivity contribution in [1.29, 1.82) is 0 Å². The molecule has 2 N–H and O–H groups in total. The maximum atomic E-state index is 13.2. The number of rotatable bonds is 6. The molecule has 0 aromatic heterocycles. The maximum absolute atomic E-state index is 13.2. The van der Waals surface area contributed by atoms with Crippen molar-refractivity contribution in [3.63, 3.8) is 0 Å². The van der Waals surface area contributed by atoms with Gasteiger partial charge in [-0.1, -0.05) is 23.8 Å².